The molecule has 0 aliphatic carbocycles. The number of aromatic nitrogens is 1. The van der Waals surface area contributed by atoms with Crippen molar-refractivity contribution < 1.29 is 9.13 Å². The van der Waals surface area contributed by atoms with E-state index in [-0.39, 0.29) is 11.9 Å². The molecule has 3 rings (SSSR count). The van der Waals surface area contributed by atoms with Gasteiger partial charge in [-0.3, -0.25) is 9.89 Å². The molecule has 2 unspecified atom stereocenters. The molecule has 0 spiro atoms. The minimum Gasteiger partial charge on any atom is -0.379 e. The van der Waals surface area contributed by atoms with Crippen LogP contribution in [0.5, 0.6) is 0 Å². The fourth-order valence-electron chi connectivity index (χ4n) is 3.55. The molecule has 2 N–H and O–H groups in total. The van der Waals surface area contributed by atoms with E-state index in [1.165, 1.54) is 6.07 Å². The molecule has 8 heteroatoms. The molecule has 3 heterocycles. The van der Waals surface area contributed by atoms with Gasteiger partial charge < -0.3 is 20.3 Å². The number of morpholine rings is 1. The van der Waals surface area contributed by atoms with Gasteiger partial charge in [0.1, 0.15) is 0 Å². The van der Waals surface area contributed by atoms with Crippen LogP contribution in [0.3, 0.4) is 0 Å². The predicted octanol–water partition coefficient (Wildman–Crippen LogP) is 1.08. The Morgan fingerprint density at radius 3 is 2.96 bits per heavy atom. The summed E-state index contributed by atoms with van der Waals surface area (Å²) in [5.41, 5.74) is 0. The summed E-state index contributed by atoms with van der Waals surface area (Å²) in [5, 5.41) is 6.82. The number of aliphatic imine (C=N–C) groups is 1. The standard InChI is InChI=1S/C19H31FN6O/c1-3-21-19(23-13-15(2)25-9-11-27-12-10-25)24-16-6-8-26(14-16)18-17(20)5-4-7-22-18/h4-5,7,15-16H,3,6,8-14H2,1-2H3,(H2,21,23,24). The highest BCUT2D eigenvalue weighted by Crippen LogP contribution is 2.20. The predicted molar refractivity (Wildman–Crippen MR) is 106 cm³/mol. The molecule has 27 heavy (non-hydrogen) atoms. The highest BCUT2D eigenvalue weighted by Gasteiger charge is 2.26. The van der Waals surface area contributed by atoms with E-state index in [1.807, 2.05) is 4.90 Å². The third-order valence-electron chi connectivity index (χ3n) is 5.09. The number of pyridine rings is 1. The minimum atomic E-state index is -0.266. The molecule has 1 aromatic rings. The number of halogens is 1. The zero-order chi connectivity index (χ0) is 19.1. The van der Waals surface area contributed by atoms with E-state index in [1.54, 1.807) is 12.3 Å². The Kier molecular flexibility index (Phi) is 7.23. The summed E-state index contributed by atoms with van der Waals surface area (Å²) in [5.74, 6) is 0.994. The van der Waals surface area contributed by atoms with E-state index < -0.39 is 0 Å². The van der Waals surface area contributed by atoms with Gasteiger partial charge in [-0.15, -0.1) is 0 Å². The van der Waals surface area contributed by atoms with Gasteiger partial charge in [-0.05, 0) is 32.4 Å². The largest absolute Gasteiger partial charge is 0.379 e. The van der Waals surface area contributed by atoms with Crippen LogP contribution in [0, 0.1) is 5.82 Å². The lowest BCUT2D eigenvalue weighted by Gasteiger charge is -2.31. The second kappa shape index (κ2) is 9.85. The second-order valence-corrected chi connectivity index (χ2v) is 7.10. The van der Waals surface area contributed by atoms with Crippen molar-refractivity contribution in [2.45, 2.75) is 32.4 Å². The molecular weight excluding hydrogens is 347 g/mol. The van der Waals surface area contributed by atoms with Crippen LogP contribution >= 0.6 is 0 Å². The van der Waals surface area contributed by atoms with Crippen LogP contribution in [-0.4, -0.2) is 80.4 Å². The van der Waals surface area contributed by atoms with Crippen molar-refractivity contribution in [3.63, 3.8) is 0 Å². The van der Waals surface area contributed by atoms with Crippen molar-refractivity contribution in [1.29, 1.82) is 0 Å². The van der Waals surface area contributed by atoms with Crippen molar-refractivity contribution in [3.05, 3.63) is 24.1 Å². The van der Waals surface area contributed by atoms with Gasteiger partial charge in [-0.25, -0.2) is 9.37 Å². The maximum atomic E-state index is 14.0. The van der Waals surface area contributed by atoms with Gasteiger partial charge >= 0.3 is 0 Å². The lowest BCUT2D eigenvalue weighted by Crippen LogP contribution is -2.46. The third-order valence-corrected chi connectivity index (χ3v) is 5.09. The number of anilines is 1. The molecule has 1 aromatic heterocycles. The van der Waals surface area contributed by atoms with E-state index in [2.05, 4.69) is 34.4 Å². The van der Waals surface area contributed by atoms with E-state index in [4.69, 9.17) is 9.73 Å². The Bertz CT molecular complexity index is 622. The first-order chi connectivity index (χ1) is 13.2. The molecule has 2 aliphatic heterocycles. The van der Waals surface area contributed by atoms with E-state index in [0.29, 0.717) is 11.9 Å². The molecule has 0 saturated carbocycles. The molecule has 2 aliphatic rings. The van der Waals surface area contributed by atoms with Gasteiger partial charge in [0, 0.05) is 51.0 Å². The molecule has 0 aromatic carbocycles. The molecule has 0 bridgehead atoms. The van der Waals surface area contributed by atoms with Gasteiger partial charge in [0.25, 0.3) is 0 Å². The van der Waals surface area contributed by atoms with E-state index in [9.17, 15) is 4.39 Å². The highest BCUT2D eigenvalue weighted by atomic mass is 19.1. The lowest BCUT2D eigenvalue weighted by atomic mass is 10.2. The average molecular weight is 378 g/mol. The molecule has 0 amide bonds. The Balaban J connectivity index is 1.54. The summed E-state index contributed by atoms with van der Waals surface area (Å²) < 4.78 is 19.4. The average Bonchev–Trinajstić information content (AvgIpc) is 3.15. The maximum absolute atomic E-state index is 14.0. The number of hydrogen-bond acceptors (Lipinski definition) is 5. The van der Waals surface area contributed by atoms with Crippen LogP contribution in [0.4, 0.5) is 10.2 Å². The van der Waals surface area contributed by atoms with Crippen LogP contribution in [0.2, 0.25) is 0 Å². The molecule has 2 fully saturated rings. The fourth-order valence-corrected chi connectivity index (χ4v) is 3.55. The van der Waals surface area contributed by atoms with Crippen molar-refractivity contribution >= 4 is 11.8 Å². The number of guanidine groups is 1. The molecule has 7 nitrogen and oxygen atoms in total. The van der Waals surface area contributed by atoms with Crippen LogP contribution in [0.15, 0.2) is 23.3 Å². The number of nitrogens with one attached hydrogen (secondary N) is 2. The minimum absolute atomic E-state index is 0.225. The Labute approximate surface area is 161 Å². The Morgan fingerprint density at radius 2 is 2.22 bits per heavy atom. The molecule has 0 radical (unpaired) electrons. The van der Waals surface area contributed by atoms with Gasteiger partial charge in [0.05, 0.1) is 19.8 Å². The number of rotatable bonds is 6. The molecular formula is C19H31FN6O. The summed E-state index contributed by atoms with van der Waals surface area (Å²) in [4.78, 5) is 13.4. The molecule has 2 saturated heterocycles. The third kappa shape index (κ3) is 5.52. The van der Waals surface area contributed by atoms with Crippen molar-refractivity contribution in [1.82, 2.24) is 20.5 Å². The maximum Gasteiger partial charge on any atom is 0.191 e. The molecule has 150 valence electrons. The van der Waals surface area contributed by atoms with Crippen LogP contribution < -0.4 is 15.5 Å². The zero-order valence-corrected chi connectivity index (χ0v) is 16.3. The first kappa shape index (κ1) is 19.8. The van der Waals surface area contributed by atoms with E-state index in [0.717, 1.165) is 64.9 Å². The highest BCUT2D eigenvalue weighted by molar-refractivity contribution is 5.80. The van der Waals surface area contributed by atoms with Crippen LogP contribution in [0.1, 0.15) is 20.3 Å². The van der Waals surface area contributed by atoms with Gasteiger partial charge in [-0.1, -0.05) is 0 Å². The quantitative estimate of drug-likeness (QED) is 0.570. The first-order valence-corrected chi connectivity index (χ1v) is 9.89. The van der Waals surface area contributed by atoms with Crippen LogP contribution in [-0.2, 0) is 4.74 Å². The van der Waals surface area contributed by atoms with Crippen LogP contribution in [0.25, 0.3) is 0 Å². The van der Waals surface area contributed by atoms with Gasteiger partial charge in [0.2, 0.25) is 0 Å². The normalized spacial score (nSPS) is 22.7. The summed E-state index contributed by atoms with van der Waals surface area (Å²) in [7, 11) is 0. The number of nitrogens with zero attached hydrogens (tertiary/aromatic N) is 4. The number of hydrogen-bond donors (Lipinski definition) is 2. The second-order valence-electron chi connectivity index (χ2n) is 7.10. The Morgan fingerprint density at radius 1 is 1.41 bits per heavy atom. The SMILES string of the molecule is CCNC(=NCC(C)N1CCOCC1)NC1CCN(c2ncccc2F)C1. The topological polar surface area (TPSA) is 65.0 Å². The Hall–Kier alpha value is -1.93. The fraction of sp³-hybridized carbons (Fsp3) is 0.684. The summed E-state index contributed by atoms with van der Waals surface area (Å²) in [6.45, 7) is 10.9. The van der Waals surface area contributed by atoms with Crippen molar-refractivity contribution in [2.75, 3.05) is 57.4 Å². The summed E-state index contributed by atoms with van der Waals surface area (Å²) >= 11 is 0. The monoisotopic (exact) mass is 378 g/mol. The zero-order valence-electron chi connectivity index (χ0n) is 16.3. The van der Waals surface area contributed by atoms with Gasteiger partial charge in [-0.2, -0.15) is 0 Å². The van der Waals surface area contributed by atoms with Gasteiger partial charge in [0.15, 0.2) is 17.6 Å². The van der Waals surface area contributed by atoms with Crippen molar-refractivity contribution in [2.24, 2.45) is 4.99 Å². The number of ether oxygens (including phenoxy) is 1. The lowest BCUT2D eigenvalue weighted by molar-refractivity contribution is 0.0220. The van der Waals surface area contributed by atoms with Crippen molar-refractivity contribution in [3.8, 4) is 0 Å². The smallest absolute Gasteiger partial charge is 0.191 e. The van der Waals surface area contributed by atoms with E-state index >= 15 is 0 Å². The summed E-state index contributed by atoms with van der Waals surface area (Å²) in [6.07, 6.45) is 2.57. The summed E-state index contributed by atoms with van der Waals surface area (Å²) in [6, 6.07) is 3.69. The first-order valence-electron chi connectivity index (χ1n) is 9.89. The molecule has 2 atom stereocenters.